The molecule has 3 heterocycles. The zero-order valence-corrected chi connectivity index (χ0v) is 20.0. The van der Waals surface area contributed by atoms with Crippen LogP contribution in [-0.2, 0) is 21.1 Å². The predicted octanol–water partition coefficient (Wildman–Crippen LogP) is 6.77. The number of pyridine rings is 2. The summed E-state index contributed by atoms with van der Waals surface area (Å²) in [5, 5.41) is 2.12. The maximum Gasteiger partial charge on any atom is 2.00 e. The number of rotatable bonds is 4. The van der Waals surface area contributed by atoms with E-state index in [0.717, 1.165) is 32.9 Å². The van der Waals surface area contributed by atoms with E-state index >= 15 is 0 Å². The van der Waals surface area contributed by atoms with Gasteiger partial charge in [0.1, 0.15) is 11.6 Å². The van der Waals surface area contributed by atoms with E-state index in [4.69, 9.17) is 4.74 Å². The standard InChI is InChI=1S/C28H16FN3O.Pt/c29-21-12-14-27(31-18-21)32-25-9-2-1-8-23(25)24-13-11-20(17-26(24)32)19-6-5-7-22(16-19)33-28-10-3-4-15-30-28;/h1-15,18H;/q-2;+2. The third-order valence-corrected chi connectivity index (χ3v) is 5.44. The Labute approximate surface area is 209 Å². The average molecular weight is 625 g/mol. The van der Waals surface area contributed by atoms with Crippen molar-refractivity contribution in [3.63, 3.8) is 0 Å². The number of ether oxygens (including phenoxy) is 1. The molecular formula is C28H16FN3OPt. The normalized spacial score (nSPS) is 10.9. The maximum absolute atomic E-state index is 13.5. The molecule has 0 unspecified atom stereocenters. The van der Waals surface area contributed by atoms with Gasteiger partial charge < -0.3 is 9.30 Å². The summed E-state index contributed by atoms with van der Waals surface area (Å²) in [7, 11) is 0. The fraction of sp³-hybridized carbons (Fsp3) is 0. The monoisotopic (exact) mass is 624 g/mol. The Balaban J connectivity index is 0.00000241. The Bertz CT molecular complexity index is 1600. The third kappa shape index (κ3) is 4.00. The van der Waals surface area contributed by atoms with Gasteiger partial charge in [-0.05, 0) is 35.2 Å². The first-order valence-electron chi connectivity index (χ1n) is 10.5. The number of fused-ring (bicyclic) bond motifs is 3. The Morgan fingerprint density at radius 1 is 0.735 bits per heavy atom. The van der Waals surface area contributed by atoms with Crippen LogP contribution in [0.2, 0.25) is 0 Å². The molecule has 6 rings (SSSR count). The van der Waals surface area contributed by atoms with Crippen LogP contribution in [0.4, 0.5) is 4.39 Å². The molecule has 0 aliphatic heterocycles. The molecule has 0 saturated heterocycles. The second kappa shape index (κ2) is 9.20. The smallest absolute Gasteiger partial charge is 0.460 e. The van der Waals surface area contributed by atoms with E-state index < -0.39 is 0 Å². The van der Waals surface area contributed by atoms with Gasteiger partial charge in [0.25, 0.3) is 0 Å². The number of hydrogen-bond acceptors (Lipinski definition) is 3. The summed E-state index contributed by atoms with van der Waals surface area (Å²) in [6.07, 6.45) is 2.91. The summed E-state index contributed by atoms with van der Waals surface area (Å²) in [4.78, 5) is 8.52. The molecule has 3 aromatic heterocycles. The van der Waals surface area contributed by atoms with Crippen molar-refractivity contribution in [3.05, 3.63) is 115 Å². The number of hydrogen-bond donors (Lipinski definition) is 0. The van der Waals surface area contributed by atoms with Crippen molar-refractivity contribution in [1.29, 1.82) is 0 Å². The average Bonchev–Trinajstić information content (AvgIpc) is 3.19. The van der Waals surface area contributed by atoms with Crippen LogP contribution < -0.4 is 4.74 Å². The molecule has 6 aromatic rings. The van der Waals surface area contributed by atoms with Crippen LogP contribution in [0.25, 0.3) is 38.8 Å². The quantitative estimate of drug-likeness (QED) is 0.204. The van der Waals surface area contributed by atoms with Crippen LogP contribution in [0.3, 0.4) is 0 Å². The summed E-state index contributed by atoms with van der Waals surface area (Å²) < 4.78 is 21.4. The Morgan fingerprint density at radius 2 is 1.59 bits per heavy atom. The Hall–Kier alpha value is -3.82. The first-order chi connectivity index (χ1) is 16.3. The molecule has 0 bridgehead atoms. The second-order valence-corrected chi connectivity index (χ2v) is 7.52. The van der Waals surface area contributed by atoms with Crippen LogP contribution >= 0.6 is 0 Å². The Morgan fingerprint density at radius 3 is 2.41 bits per heavy atom. The van der Waals surface area contributed by atoms with Crippen LogP contribution in [0, 0.1) is 17.9 Å². The molecule has 4 nitrogen and oxygen atoms in total. The van der Waals surface area contributed by atoms with Gasteiger partial charge in [-0.25, -0.2) is 25.5 Å². The number of nitrogens with zero attached hydrogens (tertiary/aromatic N) is 3. The minimum Gasteiger partial charge on any atom is -0.460 e. The van der Waals surface area contributed by atoms with Gasteiger partial charge >= 0.3 is 21.1 Å². The predicted molar refractivity (Wildman–Crippen MR) is 126 cm³/mol. The fourth-order valence-electron chi connectivity index (χ4n) is 3.97. The van der Waals surface area contributed by atoms with Crippen molar-refractivity contribution in [2.24, 2.45) is 0 Å². The van der Waals surface area contributed by atoms with Gasteiger partial charge in [0, 0.05) is 23.5 Å². The third-order valence-electron chi connectivity index (χ3n) is 5.44. The van der Waals surface area contributed by atoms with Gasteiger partial charge in [0.05, 0.1) is 6.20 Å². The molecule has 0 amide bonds. The molecule has 0 fully saturated rings. The topological polar surface area (TPSA) is 39.9 Å². The summed E-state index contributed by atoms with van der Waals surface area (Å²) >= 11 is 0. The number of benzene rings is 3. The minimum absolute atomic E-state index is 0. The van der Waals surface area contributed by atoms with E-state index in [9.17, 15) is 4.39 Å². The van der Waals surface area contributed by atoms with Crippen LogP contribution in [0.15, 0.2) is 97.3 Å². The zero-order chi connectivity index (χ0) is 22.2. The number of halogens is 1. The zero-order valence-electron chi connectivity index (χ0n) is 17.7. The largest absolute Gasteiger partial charge is 2.00 e. The van der Waals surface area contributed by atoms with Crippen LogP contribution in [0.5, 0.6) is 11.6 Å². The first-order valence-corrected chi connectivity index (χ1v) is 10.5. The first kappa shape index (κ1) is 22.0. The van der Waals surface area contributed by atoms with Crippen molar-refractivity contribution < 1.29 is 30.2 Å². The van der Waals surface area contributed by atoms with Gasteiger partial charge in [-0.3, -0.25) is 0 Å². The molecule has 0 N–H and O–H groups in total. The van der Waals surface area contributed by atoms with Gasteiger partial charge in [0.2, 0.25) is 5.88 Å². The molecule has 0 saturated carbocycles. The molecule has 34 heavy (non-hydrogen) atoms. The van der Waals surface area contributed by atoms with Crippen LogP contribution in [-0.4, -0.2) is 14.5 Å². The van der Waals surface area contributed by atoms with Crippen molar-refractivity contribution in [3.8, 4) is 28.6 Å². The van der Waals surface area contributed by atoms with Crippen molar-refractivity contribution in [2.45, 2.75) is 0 Å². The molecular weight excluding hydrogens is 608 g/mol. The van der Waals surface area contributed by atoms with Gasteiger partial charge in [-0.15, -0.1) is 18.2 Å². The second-order valence-electron chi connectivity index (χ2n) is 7.52. The van der Waals surface area contributed by atoms with Gasteiger partial charge in [0.15, 0.2) is 0 Å². The summed E-state index contributed by atoms with van der Waals surface area (Å²) in [5.41, 5.74) is 3.54. The van der Waals surface area contributed by atoms with E-state index in [1.165, 1.54) is 12.3 Å². The van der Waals surface area contributed by atoms with E-state index in [0.29, 0.717) is 17.4 Å². The molecule has 166 valence electrons. The van der Waals surface area contributed by atoms with Crippen molar-refractivity contribution >= 4 is 21.8 Å². The Kier molecular flexibility index (Phi) is 5.95. The van der Waals surface area contributed by atoms with E-state index in [2.05, 4.69) is 34.2 Å². The molecule has 0 radical (unpaired) electrons. The molecule has 3 aromatic carbocycles. The van der Waals surface area contributed by atoms with E-state index in [1.54, 1.807) is 18.3 Å². The number of aromatic nitrogens is 3. The van der Waals surface area contributed by atoms with Crippen LogP contribution in [0.1, 0.15) is 0 Å². The summed E-state index contributed by atoms with van der Waals surface area (Å²) in [6, 6.07) is 33.3. The van der Waals surface area contributed by atoms with E-state index in [1.807, 2.05) is 59.2 Å². The summed E-state index contributed by atoms with van der Waals surface area (Å²) in [6.45, 7) is 0. The minimum atomic E-state index is -0.372. The van der Waals surface area contributed by atoms with Crippen molar-refractivity contribution in [1.82, 2.24) is 14.5 Å². The molecule has 6 heteroatoms. The fourth-order valence-corrected chi connectivity index (χ4v) is 3.97. The van der Waals surface area contributed by atoms with Gasteiger partial charge in [-0.2, -0.15) is 24.3 Å². The van der Waals surface area contributed by atoms with E-state index in [-0.39, 0.29) is 26.9 Å². The number of para-hydroxylation sites is 1. The SMILES string of the molecule is Fc1ccc(-n2c3[c-]c(-c4[c-]c(Oc5ccccn5)ccc4)ccc3c3ccccc32)nc1.[Pt+2]. The van der Waals surface area contributed by atoms with Gasteiger partial charge in [-0.1, -0.05) is 29.7 Å². The molecule has 0 aliphatic rings. The maximum atomic E-state index is 13.5. The molecule has 0 aliphatic carbocycles. The van der Waals surface area contributed by atoms with Crippen molar-refractivity contribution in [2.75, 3.05) is 0 Å². The summed E-state index contributed by atoms with van der Waals surface area (Å²) in [5.74, 6) is 1.34. The molecule has 0 atom stereocenters. The molecule has 0 spiro atoms.